The molecule has 4 nitrogen and oxygen atoms in total. The third kappa shape index (κ3) is 9.11. The molecule has 2 aromatic heterocycles. The van der Waals surface area contributed by atoms with E-state index in [9.17, 15) is 7.85 Å². The molecule has 324 valence electrons. The van der Waals surface area contributed by atoms with Gasteiger partial charge in [-0.05, 0) is 79.8 Å². The summed E-state index contributed by atoms with van der Waals surface area (Å²) >= 11 is 0. The van der Waals surface area contributed by atoms with Crippen LogP contribution in [0.4, 0.5) is 0 Å². The number of benzene rings is 6. The van der Waals surface area contributed by atoms with Crippen LogP contribution in [-0.2, 0) is 42.7 Å². The van der Waals surface area contributed by atoms with E-state index < -0.39 is 23.5 Å². The molecule has 2 heterocycles. The molecule has 0 fully saturated rings. The maximum absolute atomic E-state index is 12.6. The Hall–Kier alpha value is -5.57. The van der Waals surface area contributed by atoms with Crippen molar-refractivity contribution >= 4 is 11.0 Å². The largest absolute Gasteiger partial charge is 0.507 e. The fraction of sp³-hybridized carbons (Fsp3) is 0.276. The Morgan fingerprint density at radius 2 is 1.19 bits per heavy atom. The quantitative estimate of drug-likeness (QED) is 0.169. The van der Waals surface area contributed by atoms with E-state index in [0.717, 1.165) is 55.8 Å². The Morgan fingerprint density at radius 3 is 1.84 bits per heavy atom. The number of phenolic OH excluding ortho intramolecular Hbond substituents is 1. The second-order valence-corrected chi connectivity index (χ2v) is 20.6. The SMILES string of the molecule is [2H]c1c([2H])c([2H])c(-c2cc(C(C)(C)C)ccc2-n2c(-c3cc(C(C)(C)C)cc(C(C)(C)C)c3O)nc3c(-c4[c-]c(-c5cc(-c6ccccc6)ccn5)cc(C(C)(C)C)c4)cccc32)c([2H])c1[2H].[Pt]. The van der Waals surface area contributed by atoms with Gasteiger partial charge in [0, 0.05) is 44.1 Å². The van der Waals surface area contributed by atoms with E-state index in [4.69, 9.17) is 14.1 Å². The van der Waals surface area contributed by atoms with Gasteiger partial charge in [0.2, 0.25) is 0 Å². The van der Waals surface area contributed by atoms with E-state index in [0.29, 0.717) is 33.7 Å². The van der Waals surface area contributed by atoms with Crippen LogP contribution in [-0.4, -0.2) is 19.6 Å². The van der Waals surface area contributed by atoms with Crippen LogP contribution in [0.2, 0.25) is 0 Å². The minimum atomic E-state index is -0.459. The Bertz CT molecular complexity index is 3210. The number of nitrogens with zero attached hydrogens (tertiary/aromatic N) is 3. The van der Waals surface area contributed by atoms with E-state index in [1.54, 1.807) is 0 Å². The number of hydrogen-bond donors (Lipinski definition) is 1. The van der Waals surface area contributed by atoms with Crippen LogP contribution in [0, 0.1) is 6.07 Å². The first-order valence-corrected chi connectivity index (χ1v) is 21.5. The van der Waals surface area contributed by atoms with Gasteiger partial charge < -0.3 is 5.11 Å². The molecule has 6 aromatic carbocycles. The van der Waals surface area contributed by atoms with Crippen molar-refractivity contribution in [2.24, 2.45) is 0 Å². The number of phenols is 1. The third-order valence-corrected chi connectivity index (χ3v) is 11.8. The Morgan fingerprint density at radius 1 is 0.556 bits per heavy atom. The monoisotopic (exact) mass is 1010 g/mol. The average molecular weight is 1020 g/mol. The third-order valence-electron chi connectivity index (χ3n) is 11.8. The van der Waals surface area contributed by atoms with E-state index in [2.05, 4.69) is 126 Å². The molecule has 0 unspecified atom stereocenters. The van der Waals surface area contributed by atoms with Crippen LogP contribution in [0.25, 0.3) is 72.7 Å². The molecule has 0 saturated carbocycles. The summed E-state index contributed by atoms with van der Waals surface area (Å²) < 4.78 is 46.5. The molecule has 0 aliphatic carbocycles. The van der Waals surface area contributed by atoms with Gasteiger partial charge in [-0.1, -0.05) is 185 Å². The molecule has 5 heteroatoms. The maximum atomic E-state index is 12.6. The van der Waals surface area contributed by atoms with Crippen LogP contribution in [0.15, 0.2) is 140 Å². The van der Waals surface area contributed by atoms with Crippen LogP contribution >= 0.6 is 0 Å². The summed E-state index contributed by atoms with van der Waals surface area (Å²) in [6, 6.07) is 36.6. The zero-order valence-electron chi connectivity index (χ0n) is 43.5. The van der Waals surface area contributed by atoms with Crippen LogP contribution in [0.3, 0.4) is 0 Å². The van der Waals surface area contributed by atoms with E-state index in [1.165, 1.54) is 0 Å². The molecule has 1 N–H and O–H groups in total. The molecule has 0 spiro atoms. The maximum Gasteiger partial charge on any atom is 0.148 e. The van der Waals surface area contributed by atoms with Crippen molar-refractivity contribution in [2.45, 2.75) is 105 Å². The summed E-state index contributed by atoms with van der Waals surface area (Å²) in [6.07, 6.45) is 1.84. The van der Waals surface area contributed by atoms with Crippen molar-refractivity contribution in [3.05, 3.63) is 168 Å². The zero-order chi connectivity index (χ0) is 48.7. The first-order chi connectivity index (χ1) is 31.3. The molecule has 0 atom stereocenters. The molecule has 0 saturated heterocycles. The smallest absolute Gasteiger partial charge is 0.148 e. The summed E-state index contributed by atoms with van der Waals surface area (Å²) in [7, 11) is 0. The number of aromatic nitrogens is 3. The number of rotatable bonds is 6. The number of pyridine rings is 1. The number of aromatic hydroxyl groups is 1. The van der Waals surface area contributed by atoms with Gasteiger partial charge in [-0.25, -0.2) is 4.98 Å². The first kappa shape index (κ1) is 39.1. The summed E-state index contributed by atoms with van der Waals surface area (Å²) in [5.74, 6) is 0.542. The van der Waals surface area contributed by atoms with Gasteiger partial charge in [0.15, 0.2) is 0 Å². The van der Waals surface area contributed by atoms with E-state index in [1.807, 2.05) is 77.5 Å². The molecule has 0 aliphatic heterocycles. The molecular weight excluding hydrogens is 950 g/mol. The molecular formula is C58H60N3OPt-. The van der Waals surface area contributed by atoms with Gasteiger partial charge in [-0.2, -0.15) is 0 Å². The minimum absolute atomic E-state index is 0. The standard InChI is InChI=1S/C58H60N3O.Pt/c1-55(2,3)42-26-27-50(46(34-42)38-22-17-14-18-23-38)61-51-25-19-24-45(52(51)60-54(61)47-35-44(57(7,8)9)36-48(53(47)62)58(10,11)12)40-30-41(32-43(31-40)56(4,5)6)49-33-39(28-29-59-49)37-20-15-13-16-21-37;/h13-29,31-36,62H,1-12H3;/q-1;/i14D,17D,18D,22D,23D;. The summed E-state index contributed by atoms with van der Waals surface area (Å²) in [4.78, 5) is 10.4. The predicted molar refractivity (Wildman–Crippen MR) is 261 cm³/mol. The van der Waals surface area contributed by atoms with Gasteiger partial charge in [0.05, 0.1) is 29.1 Å². The Balaban J connectivity index is 0.00000684. The summed E-state index contributed by atoms with van der Waals surface area (Å²) in [5, 5.41) is 12.6. The average Bonchev–Trinajstić information content (AvgIpc) is 3.66. The fourth-order valence-corrected chi connectivity index (χ4v) is 8.01. The van der Waals surface area contributed by atoms with Crippen LogP contribution in [0.5, 0.6) is 5.75 Å². The van der Waals surface area contributed by atoms with Gasteiger partial charge in [-0.3, -0.25) is 9.55 Å². The van der Waals surface area contributed by atoms with Gasteiger partial charge in [-0.15, -0.1) is 29.3 Å². The van der Waals surface area contributed by atoms with Crippen molar-refractivity contribution in [2.75, 3.05) is 0 Å². The second kappa shape index (κ2) is 16.9. The van der Waals surface area contributed by atoms with Crippen molar-refractivity contribution in [1.29, 1.82) is 0 Å². The topological polar surface area (TPSA) is 50.9 Å². The first-order valence-electron chi connectivity index (χ1n) is 24.0. The number of imidazole rings is 1. The van der Waals surface area contributed by atoms with Gasteiger partial charge >= 0.3 is 0 Å². The molecule has 0 bridgehead atoms. The Labute approximate surface area is 396 Å². The van der Waals surface area contributed by atoms with Crippen molar-refractivity contribution < 1.29 is 33.0 Å². The van der Waals surface area contributed by atoms with Crippen molar-refractivity contribution in [3.63, 3.8) is 0 Å². The summed E-state index contributed by atoms with van der Waals surface area (Å²) in [6.45, 7) is 25.5. The van der Waals surface area contributed by atoms with Crippen LogP contribution < -0.4 is 0 Å². The normalized spacial score (nSPS) is 13.5. The van der Waals surface area contributed by atoms with Gasteiger partial charge in [0.1, 0.15) is 11.6 Å². The number of para-hydroxylation sites is 1. The molecule has 8 aromatic rings. The zero-order valence-corrected chi connectivity index (χ0v) is 40.8. The fourth-order valence-electron chi connectivity index (χ4n) is 8.01. The molecule has 0 amide bonds. The Kier molecular flexibility index (Phi) is 10.4. The van der Waals surface area contributed by atoms with Crippen LogP contribution in [0.1, 0.15) is 112 Å². The molecule has 0 aliphatic rings. The second-order valence-electron chi connectivity index (χ2n) is 20.6. The summed E-state index contributed by atoms with van der Waals surface area (Å²) in [5.41, 5.74) is 10.8. The number of fused-ring (bicyclic) bond motifs is 1. The van der Waals surface area contributed by atoms with Crippen molar-refractivity contribution in [3.8, 4) is 67.5 Å². The molecule has 0 radical (unpaired) electrons. The van der Waals surface area contributed by atoms with E-state index >= 15 is 0 Å². The van der Waals surface area contributed by atoms with Gasteiger partial charge in [0.25, 0.3) is 0 Å². The molecule has 63 heavy (non-hydrogen) atoms. The number of hydrogen-bond acceptors (Lipinski definition) is 3. The molecule has 8 rings (SSSR count). The minimum Gasteiger partial charge on any atom is -0.507 e. The van der Waals surface area contributed by atoms with Crippen molar-refractivity contribution in [1.82, 2.24) is 14.5 Å². The predicted octanol–water partition coefficient (Wildman–Crippen LogP) is 15.4. The van der Waals surface area contributed by atoms with E-state index in [-0.39, 0.29) is 60.7 Å².